The lowest BCUT2D eigenvalue weighted by molar-refractivity contribution is 0.0528. The van der Waals surface area contributed by atoms with Crippen molar-refractivity contribution in [1.82, 2.24) is 0 Å². The predicted molar refractivity (Wildman–Crippen MR) is 99.1 cm³/mol. The van der Waals surface area contributed by atoms with Crippen molar-refractivity contribution in [2.75, 3.05) is 6.61 Å². The standard InChI is InChI=1S/C21H32O3/c1-3-5-10-15-21(23,16-11-6-4-2)17-12-18-24-20(22)19-13-8-7-9-14-19/h7-9,12-14,17,23H,3-6,10-11,15-16,18H2,1-2H3/b17-12+. The molecule has 0 aliphatic rings. The molecule has 0 spiro atoms. The molecule has 0 radical (unpaired) electrons. The zero-order chi connectivity index (χ0) is 17.7. The van der Waals surface area contributed by atoms with Gasteiger partial charge >= 0.3 is 5.97 Å². The summed E-state index contributed by atoms with van der Waals surface area (Å²) in [6.45, 7) is 4.52. The number of rotatable bonds is 12. The first-order valence-electron chi connectivity index (χ1n) is 9.23. The fourth-order valence-corrected chi connectivity index (χ4v) is 2.70. The van der Waals surface area contributed by atoms with E-state index in [4.69, 9.17) is 4.74 Å². The van der Waals surface area contributed by atoms with Crippen LogP contribution in [0.25, 0.3) is 0 Å². The fraction of sp³-hybridized carbons (Fsp3) is 0.571. The van der Waals surface area contributed by atoms with E-state index in [1.54, 1.807) is 18.2 Å². The molecule has 3 heteroatoms. The van der Waals surface area contributed by atoms with Gasteiger partial charge in [-0.05, 0) is 31.1 Å². The highest BCUT2D eigenvalue weighted by atomic mass is 16.5. The van der Waals surface area contributed by atoms with Crippen molar-refractivity contribution in [2.45, 2.75) is 70.8 Å². The molecule has 24 heavy (non-hydrogen) atoms. The second kappa shape index (κ2) is 11.9. The zero-order valence-corrected chi connectivity index (χ0v) is 15.2. The molecule has 3 nitrogen and oxygen atoms in total. The van der Waals surface area contributed by atoms with Gasteiger partial charge in [-0.25, -0.2) is 4.79 Å². The molecule has 0 aromatic heterocycles. The number of hydrogen-bond acceptors (Lipinski definition) is 3. The van der Waals surface area contributed by atoms with Gasteiger partial charge in [-0.1, -0.05) is 76.6 Å². The topological polar surface area (TPSA) is 46.5 Å². The molecule has 0 bridgehead atoms. The highest BCUT2D eigenvalue weighted by Crippen LogP contribution is 2.24. The lowest BCUT2D eigenvalue weighted by Crippen LogP contribution is -2.26. The van der Waals surface area contributed by atoms with Crippen LogP contribution in [0.4, 0.5) is 0 Å². The molecule has 0 amide bonds. The Labute approximate surface area is 146 Å². The van der Waals surface area contributed by atoms with Crippen molar-refractivity contribution in [1.29, 1.82) is 0 Å². The number of esters is 1. The van der Waals surface area contributed by atoms with E-state index in [0.717, 1.165) is 51.4 Å². The molecule has 0 saturated carbocycles. The summed E-state index contributed by atoms with van der Waals surface area (Å²) in [7, 11) is 0. The van der Waals surface area contributed by atoms with Gasteiger partial charge < -0.3 is 9.84 Å². The Bertz CT molecular complexity index is 469. The van der Waals surface area contributed by atoms with Crippen LogP contribution in [-0.2, 0) is 4.74 Å². The summed E-state index contributed by atoms with van der Waals surface area (Å²) in [5, 5.41) is 10.8. The number of carbonyl (C=O) groups is 1. The maximum absolute atomic E-state index is 11.9. The van der Waals surface area contributed by atoms with E-state index in [9.17, 15) is 9.90 Å². The number of unbranched alkanes of at least 4 members (excludes halogenated alkanes) is 4. The Kier molecular flexibility index (Phi) is 10.1. The van der Waals surface area contributed by atoms with E-state index in [0.29, 0.717) is 5.56 Å². The Morgan fingerprint density at radius 3 is 2.17 bits per heavy atom. The van der Waals surface area contributed by atoms with Crippen molar-refractivity contribution in [2.24, 2.45) is 0 Å². The largest absolute Gasteiger partial charge is 0.458 e. The van der Waals surface area contributed by atoms with Crippen LogP contribution < -0.4 is 0 Å². The zero-order valence-electron chi connectivity index (χ0n) is 15.2. The average Bonchev–Trinajstić information content (AvgIpc) is 2.60. The van der Waals surface area contributed by atoms with Crippen LogP contribution in [0.15, 0.2) is 42.5 Å². The predicted octanol–water partition coefficient (Wildman–Crippen LogP) is 5.29. The number of benzene rings is 1. The van der Waals surface area contributed by atoms with E-state index in [1.807, 2.05) is 24.3 Å². The van der Waals surface area contributed by atoms with Crippen LogP contribution in [0.5, 0.6) is 0 Å². The normalized spacial score (nSPS) is 11.8. The second-order valence-corrected chi connectivity index (χ2v) is 6.38. The molecule has 1 aromatic carbocycles. The molecule has 1 aromatic rings. The highest BCUT2D eigenvalue weighted by Gasteiger charge is 2.22. The number of aliphatic hydroxyl groups is 1. The number of ether oxygens (including phenoxy) is 1. The molecule has 1 rings (SSSR count). The van der Waals surface area contributed by atoms with Gasteiger partial charge in [0.15, 0.2) is 0 Å². The van der Waals surface area contributed by atoms with Gasteiger partial charge in [-0.3, -0.25) is 0 Å². The van der Waals surface area contributed by atoms with Gasteiger partial charge in [0.25, 0.3) is 0 Å². The molecule has 0 aliphatic heterocycles. The van der Waals surface area contributed by atoms with E-state index < -0.39 is 5.60 Å². The Balaban J connectivity index is 2.48. The lowest BCUT2D eigenvalue weighted by atomic mass is 9.90. The number of carbonyl (C=O) groups excluding carboxylic acids is 1. The summed E-state index contributed by atoms with van der Waals surface area (Å²) in [4.78, 5) is 11.9. The van der Waals surface area contributed by atoms with E-state index in [-0.39, 0.29) is 12.6 Å². The van der Waals surface area contributed by atoms with Crippen molar-refractivity contribution in [3.63, 3.8) is 0 Å². The fourth-order valence-electron chi connectivity index (χ4n) is 2.70. The first kappa shape index (κ1) is 20.4. The van der Waals surface area contributed by atoms with E-state index in [2.05, 4.69) is 13.8 Å². The minimum absolute atomic E-state index is 0.192. The van der Waals surface area contributed by atoms with Gasteiger partial charge in [0.1, 0.15) is 6.61 Å². The molecule has 0 heterocycles. The minimum atomic E-state index is -0.774. The molecule has 0 aliphatic carbocycles. The van der Waals surface area contributed by atoms with Gasteiger partial charge in [-0.2, -0.15) is 0 Å². The van der Waals surface area contributed by atoms with Crippen LogP contribution >= 0.6 is 0 Å². The third kappa shape index (κ3) is 8.30. The second-order valence-electron chi connectivity index (χ2n) is 6.38. The monoisotopic (exact) mass is 332 g/mol. The Hall–Kier alpha value is -1.61. The summed E-state index contributed by atoms with van der Waals surface area (Å²) in [6.07, 6.45) is 11.7. The maximum Gasteiger partial charge on any atom is 0.338 e. The van der Waals surface area contributed by atoms with Crippen LogP contribution in [-0.4, -0.2) is 23.3 Å². The van der Waals surface area contributed by atoms with Crippen molar-refractivity contribution in [3.05, 3.63) is 48.0 Å². The summed E-state index contributed by atoms with van der Waals surface area (Å²) >= 11 is 0. The van der Waals surface area contributed by atoms with Gasteiger partial charge in [0.05, 0.1) is 11.2 Å². The molecular formula is C21H32O3. The molecule has 0 unspecified atom stereocenters. The van der Waals surface area contributed by atoms with Gasteiger partial charge in [-0.15, -0.1) is 0 Å². The third-order valence-electron chi connectivity index (χ3n) is 4.17. The average molecular weight is 332 g/mol. The van der Waals surface area contributed by atoms with E-state index >= 15 is 0 Å². The van der Waals surface area contributed by atoms with Crippen LogP contribution in [0.1, 0.15) is 75.6 Å². The molecule has 0 atom stereocenters. The quantitative estimate of drug-likeness (QED) is 0.321. The van der Waals surface area contributed by atoms with Crippen LogP contribution in [0.3, 0.4) is 0 Å². The Morgan fingerprint density at radius 1 is 1.04 bits per heavy atom. The lowest BCUT2D eigenvalue weighted by Gasteiger charge is -2.24. The SMILES string of the molecule is CCCCCC(O)(/C=C/COC(=O)c1ccccc1)CCCCC. The highest BCUT2D eigenvalue weighted by molar-refractivity contribution is 5.89. The van der Waals surface area contributed by atoms with Gasteiger partial charge in [0, 0.05) is 0 Å². The summed E-state index contributed by atoms with van der Waals surface area (Å²) < 4.78 is 5.24. The smallest absolute Gasteiger partial charge is 0.338 e. The number of hydrogen-bond donors (Lipinski definition) is 1. The Morgan fingerprint density at radius 2 is 1.62 bits per heavy atom. The summed E-state index contributed by atoms with van der Waals surface area (Å²) in [5.41, 5.74) is -0.226. The van der Waals surface area contributed by atoms with Crippen LogP contribution in [0, 0.1) is 0 Å². The molecule has 0 fully saturated rings. The molecule has 1 N–H and O–H groups in total. The summed E-state index contributed by atoms with van der Waals surface area (Å²) in [6, 6.07) is 8.96. The summed E-state index contributed by atoms with van der Waals surface area (Å²) in [5.74, 6) is -0.333. The van der Waals surface area contributed by atoms with Crippen LogP contribution in [0.2, 0.25) is 0 Å². The van der Waals surface area contributed by atoms with E-state index in [1.165, 1.54) is 0 Å². The van der Waals surface area contributed by atoms with Crippen molar-refractivity contribution < 1.29 is 14.6 Å². The van der Waals surface area contributed by atoms with Gasteiger partial charge in [0.2, 0.25) is 0 Å². The first-order valence-corrected chi connectivity index (χ1v) is 9.23. The van der Waals surface area contributed by atoms with Crippen molar-refractivity contribution >= 4 is 5.97 Å². The minimum Gasteiger partial charge on any atom is -0.458 e. The molecule has 134 valence electrons. The third-order valence-corrected chi connectivity index (χ3v) is 4.17. The van der Waals surface area contributed by atoms with Crippen molar-refractivity contribution in [3.8, 4) is 0 Å². The molecular weight excluding hydrogens is 300 g/mol. The maximum atomic E-state index is 11.9. The first-order chi connectivity index (χ1) is 11.6. The molecule has 0 saturated heterocycles.